The van der Waals surface area contributed by atoms with E-state index in [1.165, 1.54) is 0 Å². The van der Waals surface area contributed by atoms with Crippen molar-refractivity contribution in [1.29, 1.82) is 0 Å². The van der Waals surface area contributed by atoms with Crippen molar-refractivity contribution in [3.05, 3.63) is 29.6 Å². The number of carboxylic acid groups (broad SMARTS) is 1. The molecule has 9 heteroatoms. The predicted octanol–water partition coefficient (Wildman–Crippen LogP) is 1.73. The Kier molecular flexibility index (Phi) is 4.24. The van der Waals surface area contributed by atoms with Crippen molar-refractivity contribution in [1.82, 2.24) is 4.31 Å². The minimum atomic E-state index is -4.56. The molecule has 1 atom stereocenters. The lowest BCUT2D eigenvalue weighted by molar-refractivity contribution is -0.142. The third-order valence-corrected chi connectivity index (χ3v) is 5.25. The van der Waals surface area contributed by atoms with Gasteiger partial charge in [-0.3, -0.25) is 4.79 Å². The molecule has 21 heavy (non-hydrogen) atoms. The van der Waals surface area contributed by atoms with Crippen LogP contribution in [0.25, 0.3) is 0 Å². The van der Waals surface area contributed by atoms with Crippen LogP contribution in [0.15, 0.2) is 17.0 Å². The maximum absolute atomic E-state index is 13.7. The molecular formula is C12H12F3NO4S. The molecule has 1 fully saturated rings. The lowest BCUT2D eigenvalue weighted by Crippen LogP contribution is -2.48. The van der Waals surface area contributed by atoms with E-state index >= 15 is 0 Å². The number of benzene rings is 1. The van der Waals surface area contributed by atoms with Gasteiger partial charge in [0.25, 0.3) is 0 Å². The zero-order chi connectivity index (χ0) is 15.8. The lowest BCUT2D eigenvalue weighted by Gasteiger charge is -2.31. The Morgan fingerprint density at radius 1 is 1.19 bits per heavy atom. The molecule has 2 rings (SSSR count). The van der Waals surface area contributed by atoms with E-state index in [9.17, 15) is 26.4 Å². The molecule has 0 unspecified atom stereocenters. The van der Waals surface area contributed by atoms with Gasteiger partial charge in [-0.25, -0.2) is 21.6 Å². The molecule has 1 saturated heterocycles. The highest BCUT2D eigenvalue weighted by atomic mass is 32.2. The molecule has 1 heterocycles. The van der Waals surface area contributed by atoms with Crippen molar-refractivity contribution in [3.63, 3.8) is 0 Å². The standard InChI is InChI=1S/C12H12F3NO4S/c13-7-4-5-9(11(15)10(7)14)21(19,20)16-6-2-1-3-8(16)12(17)18/h4-5,8H,1-3,6H2,(H,17,18)/t8-/m1/s1. The van der Waals surface area contributed by atoms with Gasteiger partial charge in [0.2, 0.25) is 10.0 Å². The van der Waals surface area contributed by atoms with E-state index in [0.717, 1.165) is 0 Å². The molecule has 1 aliphatic heterocycles. The van der Waals surface area contributed by atoms with E-state index in [4.69, 9.17) is 5.11 Å². The number of piperidine rings is 1. The molecule has 0 amide bonds. The molecule has 5 nitrogen and oxygen atoms in total. The number of carbonyl (C=O) groups is 1. The number of hydrogen-bond acceptors (Lipinski definition) is 3. The summed E-state index contributed by atoms with van der Waals surface area (Å²) in [5, 5.41) is 9.05. The third-order valence-electron chi connectivity index (χ3n) is 3.33. The Balaban J connectivity index is 2.51. The first-order valence-electron chi connectivity index (χ1n) is 6.15. The van der Waals surface area contributed by atoms with E-state index < -0.39 is 44.4 Å². The average Bonchev–Trinajstić information content (AvgIpc) is 2.44. The summed E-state index contributed by atoms with van der Waals surface area (Å²) in [6.45, 7) is -0.113. The van der Waals surface area contributed by atoms with Crippen molar-refractivity contribution in [2.45, 2.75) is 30.2 Å². The van der Waals surface area contributed by atoms with Crippen molar-refractivity contribution < 1.29 is 31.5 Å². The Hall–Kier alpha value is -1.61. The van der Waals surface area contributed by atoms with Crippen LogP contribution in [0, 0.1) is 17.5 Å². The number of hydrogen-bond donors (Lipinski definition) is 1. The van der Waals surface area contributed by atoms with E-state index in [0.29, 0.717) is 29.3 Å². The molecule has 1 aromatic rings. The Labute approximate surface area is 119 Å². The topological polar surface area (TPSA) is 74.7 Å². The van der Waals surface area contributed by atoms with Crippen molar-refractivity contribution in [2.24, 2.45) is 0 Å². The smallest absolute Gasteiger partial charge is 0.322 e. The number of rotatable bonds is 3. The van der Waals surface area contributed by atoms with Crippen LogP contribution in [-0.2, 0) is 14.8 Å². The summed E-state index contributed by atoms with van der Waals surface area (Å²) >= 11 is 0. The maximum atomic E-state index is 13.7. The van der Waals surface area contributed by atoms with Crippen LogP contribution in [0.1, 0.15) is 19.3 Å². The van der Waals surface area contributed by atoms with Crippen molar-refractivity contribution in [2.75, 3.05) is 6.54 Å². The second kappa shape index (κ2) is 5.64. The highest BCUT2D eigenvalue weighted by Crippen LogP contribution is 2.28. The third kappa shape index (κ3) is 2.75. The summed E-state index contributed by atoms with van der Waals surface area (Å²) in [7, 11) is -4.56. The molecule has 0 aromatic heterocycles. The number of halogens is 3. The minimum Gasteiger partial charge on any atom is -0.480 e. The quantitative estimate of drug-likeness (QED) is 0.860. The fraction of sp³-hybridized carbons (Fsp3) is 0.417. The van der Waals surface area contributed by atoms with Gasteiger partial charge in [0.15, 0.2) is 17.5 Å². The second-order valence-corrected chi connectivity index (χ2v) is 6.50. The molecule has 1 aromatic carbocycles. The number of aliphatic carboxylic acids is 1. The summed E-state index contributed by atoms with van der Waals surface area (Å²) in [6.07, 6.45) is 1.01. The molecule has 0 bridgehead atoms. The van der Waals surface area contributed by atoms with Crippen LogP contribution in [0.2, 0.25) is 0 Å². The fourth-order valence-corrected chi connectivity index (χ4v) is 3.98. The Morgan fingerprint density at radius 3 is 2.48 bits per heavy atom. The van der Waals surface area contributed by atoms with Gasteiger partial charge < -0.3 is 5.11 Å². The second-order valence-electron chi connectivity index (χ2n) is 4.64. The molecule has 0 aliphatic carbocycles. The number of nitrogens with zero attached hydrogens (tertiary/aromatic N) is 1. The summed E-state index contributed by atoms with van der Waals surface area (Å²) < 4.78 is 65.0. The predicted molar refractivity (Wildman–Crippen MR) is 65.5 cm³/mol. The zero-order valence-corrected chi connectivity index (χ0v) is 11.5. The number of carboxylic acids is 1. The summed E-state index contributed by atoms with van der Waals surface area (Å²) in [6, 6.07) is -0.252. The van der Waals surface area contributed by atoms with Gasteiger partial charge in [0.1, 0.15) is 10.9 Å². The largest absolute Gasteiger partial charge is 0.480 e. The Bertz CT molecular complexity index is 677. The van der Waals surface area contributed by atoms with Crippen LogP contribution in [0.4, 0.5) is 13.2 Å². The molecule has 1 N–H and O–H groups in total. The summed E-state index contributed by atoms with van der Waals surface area (Å²) in [5.41, 5.74) is 0. The highest BCUT2D eigenvalue weighted by molar-refractivity contribution is 7.89. The molecule has 1 aliphatic rings. The van der Waals surface area contributed by atoms with Gasteiger partial charge in [-0.2, -0.15) is 4.31 Å². The van der Waals surface area contributed by atoms with Gasteiger partial charge >= 0.3 is 5.97 Å². The van der Waals surface area contributed by atoms with Crippen LogP contribution in [0.5, 0.6) is 0 Å². The molecule has 0 radical (unpaired) electrons. The number of sulfonamides is 1. The van der Waals surface area contributed by atoms with Gasteiger partial charge in [0.05, 0.1) is 0 Å². The lowest BCUT2D eigenvalue weighted by atomic mass is 10.1. The van der Waals surface area contributed by atoms with Gasteiger partial charge in [-0.1, -0.05) is 0 Å². The Morgan fingerprint density at radius 2 is 1.86 bits per heavy atom. The average molecular weight is 323 g/mol. The monoisotopic (exact) mass is 323 g/mol. The van der Waals surface area contributed by atoms with Gasteiger partial charge in [-0.15, -0.1) is 0 Å². The van der Waals surface area contributed by atoms with Crippen molar-refractivity contribution in [3.8, 4) is 0 Å². The van der Waals surface area contributed by atoms with E-state index in [-0.39, 0.29) is 13.0 Å². The molecule has 0 saturated carbocycles. The SMILES string of the molecule is O=C(O)[C@H]1CCCCN1S(=O)(=O)c1ccc(F)c(F)c1F. The first-order valence-corrected chi connectivity index (χ1v) is 7.59. The van der Waals surface area contributed by atoms with Crippen molar-refractivity contribution >= 4 is 16.0 Å². The minimum absolute atomic E-state index is 0.0832. The van der Waals surface area contributed by atoms with Crippen LogP contribution in [-0.4, -0.2) is 36.4 Å². The van der Waals surface area contributed by atoms with E-state index in [1.807, 2.05) is 0 Å². The summed E-state index contributed by atoms with van der Waals surface area (Å²) in [5.74, 6) is -6.62. The first-order chi connectivity index (χ1) is 9.76. The molecular weight excluding hydrogens is 311 g/mol. The van der Waals surface area contributed by atoms with Gasteiger partial charge in [0, 0.05) is 6.54 Å². The summed E-state index contributed by atoms with van der Waals surface area (Å²) in [4.78, 5) is 10.1. The van der Waals surface area contributed by atoms with Crippen LogP contribution < -0.4 is 0 Å². The van der Waals surface area contributed by atoms with E-state index in [1.54, 1.807) is 0 Å². The zero-order valence-electron chi connectivity index (χ0n) is 10.7. The van der Waals surface area contributed by atoms with Crippen LogP contribution >= 0.6 is 0 Å². The molecule has 116 valence electrons. The fourth-order valence-electron chi connectivity index (χ4n) is 2.27. The molecule has 0 spiro atoms. The van der Waals surface area contributed by atoms with E-state index in [2.05, 4.69) is 0 Å². The van der Waals surface area contributed by atoms with Crippen LogP contribution in [0.3, 0.4) is 0 Å². The maximum Gasteiger partial charge on any atom is 0.322 e. The first kappa shape index (κ1) is 15.8. The van der Waals surface area contributed by atoms with Gasteiger partial charge in [-0.05, 0) is 31.4 Å². The highest BCUT2D eigenvalue weighted by Gasteiger charge is 2.39. The normalized spacial score (nSPS) is 20.4.